The average Bonchev–Trinajstić information content (AvgIpc) is 2.46. The Bertz CT molecular complexity index is 723. The number of aryl methyl sites for hydroxylation is 1. The quantitative estimate of drug-likeness (QED) is 0.920. The molecule has 1 aromatic heterocycles. The molecule has 0 radical (unpaired) electrons. The predicted octanol–water partition coefficient (Wildman–Crippen LogP) is 2.66. The zero-order valence-electron chi connectivity index (χ0n) is 12.1. The Hall–Kier alpha value is -2.14. The third kappa shape index (κ3) is 3.95. The van der Waals surface area contributed by atoms with Gasteiger partial charge in [-0.1, -0.05) is 23.7 Å². The van der Waals surface area contributed by atoms with Crippen LogP contribution in [-0.4, -0.2) is 10.5 Å². The highest BCUT2D eigenvalue weighted by Crippen LogP contribution is 2.18. The third-order valence-electron chi connectivity index (χ3n) is 3.35. The number of benzene rings is 1. The summed E-state index contributed by atoms with van der Waals surface area (Å²) in [5, 5.41) is 2.88. The van der Waals surface area contributed by atoms with E-state index in [-0.39, 0.29) is 41.6 Å². The second kappa shape index (κ2) is 7.22. The Morgan fingerprint density at radius 1 is 1.27 bits per heavy atom. The normalized spacial score (nSPS) is 10.5. The predicted molar refractivity (Wildman–Crippen MR) is 83.3 cm³/mol. The Balaban J connectivity index is 1.93. The van der Waals surface area contributed by atoms with Crippen LogP contribution in [0.1, 0.15) is 17.7 Å². The van der Waals surface area contributed by atoms with Crippen molar-refractivity contribution in [1.82, 2.24) is 9.88 Å². The van der Waals surface area contributed by atoms with Crippen molar-refractivity contribution >= 4 is 17.5 Å². The fourth-order valence-corrected chi connectivity index (χ4v) is 2.33. The third-order valence-corrected chi connectivity index (χ3v) is 3.71. The van der Waals surface area contributed by atoms with Crippen molar-refractivity contribution < 1.29 is 9.18 Å². The molecule has 0 unspecified atom stereocenters. The molecule has 2 aromatic rings. The summed E-state index contributed by atoms with van der Waals surface area (Å²) < 4.78 is 15.1. The summed E-state index contributed by atoms with van der Waals surface area (Å²) in [7, 11) is 0. The number of nitrogens with one attached hydrogen (secondary N) is 1. The standard InChI is InChI=1S/C16H16ClFN2O2/c1-11-4-2-7-16(22)20(11)9-8-15(21)19-10-12-13(17)5-3-6-14(12)18/h2-7H,8-10H2,1H3,(H,19,21). The van der Waals surface area contributed by atoms with Crippen molar-refractivity contribution in [2.75, 3.05) is 0 Å². The van der Waals surface area contributed by atoms with E-state index in [1.54, 1.807) is 25.1 Å². The first-order valence-electron chi connectivity index (χ1n) is 6.85. The summed E-state index contributed by atoms with van der Waals surface area (Å²) >= 11 is 5.89. The van der Waals surface area contributed by atoms with E-state index < -0.39 is 5.82 Å². The fraction of sp³-hybridized carbons (Fsp3) is 0.250. The maximum absolute atomic E-state index is 13.6. The van der Waals surface area contributed by atoms with Crippen LogP contribution in [-0.2, 0) is 17.9 Å². The van der Waals surface area contributed by atoms with Crippen molar-refractivity contribution in [2.24, 2.45) is 0 Å². The number of hydrogen-bond acceptors (Lipinski definition) is 2. The lowest BCUT2D eigenvalue weighted by Crippen LogP contribution is -2.28. The number of nitrogens with zero attached hydrogens (tertiary/aromatic N) is 1. The summed E-state index contributed by atoms with van der Waals surface area (Å²) in [4.78, 5) is 23.5. The number of carbonyl (C=O) groups excluding carboxylic acids is 1. The first-order valence-corrected chi connectivity index (χ1v) is 7.23. The van der Waals surface area contributed by atoms with Crippen LogP contribution in [0.5, 0.6) is 0 Å². The smallest absolute Gasteiger partial charge is 0.250 e. The van der Waals surface area contributed by atoms with E-state index in [1.807, 2.05) is 0 Å². The first kappa shape index (κ1) is 16.2. The van der Waals surface area contributed by atoms with Crippen LogP contribution in [0.4, 0.5) is 4.39 Å². The minimum atomic E-state index is -0.456. The second-order valence-corrected chi connectivity index (χ2v) is 5.29. The molecule has 116 valence electrons. The van der Waals surface area contributed by atoms with Crippen molar-refractivity contribution in [2.45, 2.75) is 26.4 Å². The molecule has 0 bridgehead atoms. The van der Waals surface area contributed by atoms with Gasteiger partial charge in [0.05, 0.1) is 0 Å². The Kier molecular flexibility index (Phi) is 5.33. The summed E-state index contributed by atoms with van der Waals surface area (Å²) in [5.41, 5.74) is 0.896. The van der Waals surface area contributed by atoms with E-state index in [0.717, 1.165) is 5.69 Å². The number of hydrogen-bond donors (Lipinski definition) is 1. The number of pyridine rings is 1. The zero-order valence-corrected chi connectivity index (χ0v) is 12.9. The highest BCUT2D eigenvalue weighted by atomic mass is 35.5. The van der Waals surface area contributed by atoms with E-state index in [1.165, 1.54) is 22.8 Å². The minimum absolute atomic E-state index is 0.0208. The van der Waals surface area contributed by atoms with Crippen LogP contribution >= 0.6 is 11.6 Å². The van der Waals surface area contributed by atoms with E-state index in [0.29, 0.717) is 0 Å². The van der Waals surface area contributed by atoms with Crippen LogP contribution in [0.15, 0.2) is 41.2 Å². The Morgan fingerprint density at radius 3 is 2.68 bits per heavy atom. The number of aromatic nitrogens is 1. The molecule has 2 rings (SSSR count). The minimum Gasteiger partial charge on any atom is -0.352 e. The van der Waals surface area contributed by atoms with Crippen LogP contribution in [0.3, 0.4) is 0 Å². The number of amides is 1. The van der Waals surface area contributed by atoms with Crippen LogP contribution in [0, 0.1) is 12.7 Å². The molecular weight excluding hydrogens is 307 g/mol. The molecule has 0 spiro atoms. The molecule has 1 amide bonds. The van der Waals surface area contributed by atoms with E-state index in [4.69, 9.17) is 11.6 Å². The highest BCUT2D eigenvalue weighted by molar-refractivity contribution is 6.31. The molecule has 6 heteroatoms. The van der Waals surface area contributed by atoms with Gasteiger partial charge in [0, 0.05) is 41.9 Å². The maximum Gasteiger partial charge on any atom is 0.250 e. The topological polar surface area (TPSA) is 51.1 Å². The average molecular weight is 323 g/mol. The van der Waals surface area contributed by atoms with Crippen molar-refractivity contribution in [1.29, 1.82) is 0 Å². The van der Waals surface area contributed by atoms with Gasteiger partial charge in [-0.15, -0.1) is 0 Å². The van der Waals surface area contributed by atoms with Gasteiger partial charge >= 0.3 is 0 Å². The van der Waals surface area contributed by atoms with Crippen molar-refractivity contribution in [3.05, 3.63) is 68.8 Å². The molecule has 0 fully saturated rings. The van der Waals surface area contributed by atoms with Gasteiger partial charge in [-0.05, 0) is 25.1 Å². The molecule has 0 aliphatic heterocycles. The molecule has 0 aliphatic carbocycles. The lowest BCUT2D eigenvalue weighted by atomic mass is 10.2. The molecule has 1 aromatic carbocycles. The zero-order chi connectivity index (χ0) is 16.1. The highest BCUT2D eigenvalue weighted by Gasteiger charge is 2.09. The van der Waals surface area contributed by atoms with E-state index in [9.17, 15) is 14.0 Å². The molecular formula is C16H16ClFN2O2. The van der Waals surface area contributed by atoms with E-state index in [2.05, 4.69) is 5.32 Å². The van der Waals surface area contributed by atoms with Crippen LogP contribution < -0.4 is 10.9 Å². The van der Waals surface area contributed by atoms with Gasteiger partial charge in [0.25, 0.3) is 5.56 Å². The molecule has 0 saturated carbocycles. The molecule has 0 aliphatic rings. The van der Waals surface area contributed by atoms with Crippen molar-refractivity contribution in [3.63, 3.8) is 0 Å². The molecule has 22 heavy (non-hydrogen) atoms. The Labute approximate surface area is 132 Å². The van der Waals surface area contributed by atoms with Gasteiger partial charge in [0.15, 0.2) is 0 Å². The molecule has 1 N–H and O–H groups in total. The van der Waals surface area contributed by atoms with Gasteiger partial charge < -0.3 is 9.88 Å². The van der Waals surface area contributed by atoms with Crippen LogP contribution in [0.2, 0.25) is 5.02 Å². The lowest BCUT2D eigenvalue weighted by molar-refractivity contribution is -0.121. The summed E-state index contributed by atoms with van der Waals surface area (Å²) in [6, 6.07) is 9.30. The summed E-state index contributed by atoms with van der Waals surface area (Å²) in [5.74, 6) is -0.725. The van der Waals surface area contributed by atoms with Crippen molar-refractivity contribution in [3.8, 4) is 0 Å². The fourth-order valence-electron chi connectivity index (χ4n) is 2.10. The van der Waals surface area contributed by atoms with Gasteiger partial charge in [-0.25, -0.2) is 4.39 Å². The summed E-state index contributed by atoms with van der Waals surface area (Å²) in [6.07, 6.45) is 0.136. The van der Waals surface area contributed by atoms with Gasteiger partial charge in [-0.2, -0.15) is 0 Å². The monoisotopic (exact) mass is 322 g/mol. The number of rotatable bonds is 5. The van der Waals surface area contributed by atoms with Crippen LogP contribution in [0.25, 0.3) is 0 Å². The maximum atomic E-state index is 13.6. The molecule has 0 saturated heterocycles. The first-order chi connectivity index (χ1) is 10.5. The molecule has 4 nitrogen and oxygen atoms in total. The number of halogens is 2. The lowest BCUT2D eigenvalue weighted by Gasteiger charge is -2.10. The summed E-state index contributed by atoms with van der Waals surface area (Å²) in [6.45, 7) is 2.10. The molecule has 0 atom stereocenters. The number of carbonyl (C=O) groups is 1. The van der Waals surface area contributed by atoms with Gasteiger partial charge in [0.2, 0.25) is 5.91 Å². The van der Waals surface area contributed by atoms with Gasteiger partial charge in [0.1, 0.15) is 5.82 Å². The molecule has 1 heterocycles. The Morgan fingerprint density at radius 2 is 2.00 bits per heavy atom. The second-order valence-electron chi connectivity index (χ2n) is 4.88. The van der Waals surface area contributed by atoms with Gasteiger partial charge in [-0.3, -0.25) is 9.59 Å². The SMILES string of the molecule is Cc1cccc(=O)n1CCC(=O)NCc1c(F)cccc1Cl. The van der Waals surface area contributed by atoms with E-state index >= 15 is 0 Å². The largest absolute Gasteiger partial charge is 0.352 e.